The van der Waals surface area contributed by atoms with Crippen LogP contribution < -0.4 is 10.1 Å². The molecule has 0 aromatic heterocycles. The molecule has 0 fully saturated rings. The fourth-order valence-corrected chi connectivity index (χ4v) is 1.98. The summed E-state index contributed by atoms with van der Waals surface area (Å²) in [4.78, 5) is 0. The second kappa shape index (κ2) is 3.98. The van der Waals surface area contributed by atoms with Gasteiger partial charge in [0.05, 0.1) is 0 Å². The third-order valence-electron chi connectivity index (χ3n) is 2.78. The van der Waals surface area contributed by atoms with Crippen molar-refractivity contribution < 1.29 is 4.74 Å². The van der Waals surface area contributed by atoms with E-state index < -0.39 is 0 Å². The van der Waals surface area contributed by atoms with Crippen LogP contribution in [0.1, 0.15) is 5.56 Å². The normalized spacial score (nSPS) is 13.1. The Hall–Kier alpha value is -2.22. The van der Waals surface area contributed by atoms with Crippen LogP contribution in [0.4, 0.5) is 5.69 Å². The zero-order valence-corrected chi connectivity index (χ0v) is 9.44. The maximum atomic E-state index is 5.77. The van der Waals surface area contributed by atoms with Gasteiger partial charge in [-0.1, -0.05) is 30.8 Å². The average molecular weight is 223 g/mol. The summed E-state index contributed by atoms with van der Waals surface area (Å²) in [5.41, 5.74) is 3.41. The Morgan fingerprint density at radius 3 is 2.65 bits per heavy atom. The molecule has 0 atom stereocenters. The molecule has 0 radical (unpaired) electrons. The van der Waals surface area contributed by atoms with Gasteiger partial charge in [0.15, 0.2) is 0 Å². The van der Waals surface area contributed by atoms with E-state index in [4.69, 9.17) is 4.74 Å². The third kappa shape index (κ3) is 2.02. The lowest BCUT2D eigenvalue weighted by molar-refractivity contribution is 0.483. The van der Waals surface area contributed by atoms with Crippen molar-refractivity contribution in [3.05, 3.63) is 66.4 Å². The number of hydrogen-bond acceptors (Lipinski definition) is 2. The van der Waals surface area contributed by atoms with Gasteiger partial charge in [0.1, 0.15) is 11.5 Å². The second-order valence-electron chi connectivity index (χ2n) is 4.14. The molecule has 2 heteroatoms. The first kappa shape index (κ1) is 9.97. The molecule has 0 spiro atoms. The molecule has 0 bridgehead atoms. The fraction of sp³-hybridized carbons (Fsp3) is 0.0667. The van der Waals surface area contributed by atoms with Crippen molar-refractivity contribution in [3.8, 4) is 11.5 Å². The SMILES string of the molecule is C=C1Cc2ccc(Oc3ccccc3)cc2N1. The van der Waals surface area contributed by atoms with Gasteiger partial charge in [-0.3, -0.25) is 0 Å². The number of ether oxygens (including phenoxy) is 1. The standard InChI is InChI=1S/C15H13NO/c1-11-9-12-7-8-14(10-15(12)16-11)17-13-5-3-2-4-6-13/h2-8,10,16H,1,9H2. The highest BCUT2D eigenvalue weighted by Gasteiger charge is 2.13. The molecule has 0 saturated carbocycles. The molecule has 2 nitrogen and oxygen atoms in total. The minimum absolute atomic E-state index is 0.845. The van der Waals surface area contributed by atoms with Gasteiger partial charge >= 0.3 is 0 Å². The molecule has 0 unspecified atom stereocenters. The summed E-state index contributed by atoms with van der Waals surface area (Å²) in [5.74, 6) is 1.70. The number of rotatable bonds is 2. The number of benzene rings is 2. The Kier molecular flexibility index (Phi) is 2.33. The maximum absolute atomic E-state index is 5.77. The highest BCUT2D eigenvalue weighted by molar-refractivity contribution is 5.64. The Morgan fingerprint density at radius 2 is 1.82 bits per heavy atom. The van der Waals surface area contributed by atoms with Crippen molar-refractivity contribution in [1.29, 1.82) is 0 Å². The predicted molar refractivity (Wildman–Crippen MR) is 69.4 cm³/mol. The average Bonchev–Trinajstić information content (AvgIpc) is 2.70. The van der Waals surface area contributed by atoms with Crippen LogP contribution in [0.15, 0.2) is 60.8 Å². The first-order chi connectivity index (χ1) is 8.31. The van der Waals surface area contributed by atoms with Gasteiger partial charge in [-0.2, -0.15) is 0 Å². The minimum Gasteiger partial charge on any atom is -0.457 e. The van der Waals surface area contributed by atoms with Gasteiger partial charge in [0.2, 0.25) is 0 Å². The molecule has 2 aromatic carbocycles. The summed E-state index contributed by atoms with van der Waals surface area (Å²) in [6.45, 7) is 3.93. The van der Waals surface area contributed by atoms with E-state index in [0.29, 0.717) is 0 Å². The van der Waals surface area contributed by atoms with E-state index in [0.717, 1.165) is 29.3 Å². The van der Waals surface area contributed by atoms with Crippen molar-refractivity contribution in [2.45, 2.75) is 6.42 Å². The minimum atomic E-state index is 0.845. The van der Waals surface area contributed by atoms with Gasteiger partial charge in [0.25, 0.3) is 0 Å². The Morgan fingerprint density at radius 1 is 1.00 bits per heavy atom. The Labute approximate surface area is 101 Å². The van der Waals surface area contributed by atoms with E-state index in [2.05, 4.69) is 18.0 Å². The van der Waals surface area contributed by atoms with Crippen molar-refractivity contribution in [1.82, 2.24) is 0 Å². The zero-order valence-electron chi connectivity index (χ0n) is 9.44. The first-order valence-corrected chi connectivity index (χ1v) is 5.62. The van der Waals surface area contributed by atoms with E-state index in [1.807, 2.05) is 42.5 Å². The van der Waals surface area contributed by atoms with Gasteiger partial charge in [0, 0.05) is 23.9 Å². The maximum Gasteiger partial charge on any atom is 0.129 e. The van der Waals surface area contributed by atoms with Crippen LogP contribution in [0.25, 0.3) is 0 Å². The molecule has 0 aliphatic carbocycles. The quantitative estimate of drug-likeness (QED) is 0.832. The summed E-state index contributed by atoms with van der Waals surface area (Å²) >= 11 is 0. The van der Waals surface area contributed by atoms with Gasteiger partial charge in [-0.25, -0.2) is 0 Å². The van der Waals surface area contributed by atoms with Crippen LogP contribution in [-0.2, 0) is 6.42 Å². The van der Waals surface area contributed by atoms with Crippen LogP contribution >= 0.6 is 0 Å². The molecular weight excluding hydrogens is 210 g/mol. The predicted octanol–water partition coefficient (Wildman–Crippen LogP) is 3.96. The summed E-state index contributed by atoms with van der Waals surface area (Å²) in [6, 6.07) is 15.9. The number of para-hydroxylation sites is 1. The molecule has 2 aromatic rings. The van der Waals surface area contributed by atoms with Crippen LogP contribution in [0.3, 0.4) is 0 Å². The van der Waals surface area contributed by atoms with Crippen LogP contribution in [-0.4, -0.2) is 0 Å². The summed E-state index contributed by atoms with van der Waals surface area (Å²) in [6.07, 6.45) is 0.904. The summed E-state index contributed by atoms with van der Waals surface area (Å²) < 4.78 is 5.77. The summed E-state index contributed by atoms with van der Waals surface area (Å²) in [5, 5.41) is 3.25. The smallest absolute Gasteiger partial charge is 0.129 e. The van der Waals surface area contributed by atoms with Crippen LogP contribution in [0.5, 0.6) is 11.5 Å². The van der Waals surface area contributed by atoms with Crippen LogP contribution in [0, 0.1) is 0 Å². The van der Waals surface area contributed by atoms with Crippen molar-refractivity contribution in [3.63, 3.8) is 0 Å². The number of nitrogens with one attached hydrogen (secondary N) is 1. The van der Waals surface area contributed by atoms with E-state index in [-0.39, 0.29) is 0 Å². The topological polar surface area (TPSA) is 21.3 Å². The Balaban J connectivity index is 1.86. The van der Waals surface area contributed by atoms with E-state index >= 15 is 0 Å². The molecule has 17 heavy (non-hydrogen) atoms. The van der Waals surface area contributed by atoms with Crippen molar-refractivity contribution in [2.75, 3.05) is 5.32 Å². The molecule has 0 amide bonds. The Bertz CT molecular complexity index is 560. The van der Waals surface area contributed by atoms with Gasteiger partial charge in [-0.05, 0) is 23.8 Å². The number of hydrogen-bond donors (Lipinski definition) is 1. The van der Waals surface area contributed by atoms with E-state index in [1.54, 1.807) is 0 Å². The third-order valence-corrected chi connectivity index (χ3v) is 2.78. The lowest BCUT2D eigenvalue weighted by Crippen LogP contribution is -1.88. The highest BCUT2D eigenvalue weighted by Crippen LogP contribution is 2.32. The van der Waals surface area contributed by atoms with Crippen molar-refractivity contribution >= 4 is 5.69 Å². The molecule has 0 saturated heterocycles. The first-order valence-electron chi connectivity index (χ1n) is 5.62. The largest absolute Gasteiger partial charge is 0.457 e. The number of fused-ring (bicyclic) bond motifs is 1. The highest BCUT2D eigenvalue weighted by atomic mass is 16.5. The number of anilines is 1. The molecule has 1 heterocycles. The lowest BCUT2D eigenvalue weighted by Gasteiger charge is -2.07. The van der Waals surface area contributed by atoms with E-state index in [1.165, 1.54) is 5.56 Å². The monoisotopic (exact) mass is 223 g/mol. The molecule has 84 valence electrons. The van der Waals surface area contributed by atoms with Crippen LogP contribution in [0.2, 0.25) is 0 Å². The molecular formula is C15H13NO. The molecule has 3 rings (SSSR count). The second-order valence-corrected chi connectivity index (χ2v) is 4.14. The van der Waals surface area contributed by atoms with E-state index in [9.17, 15) is 0 Å². The lowest BCUT2D eigenvalue weighted by atomic mass is 10.1. The van der Waals surface area contributed by atoms with Gasteiger partial charge in [-0.15, -0.1) is 0 Å². The molecule has 1 N–H and O–H groups in total. The molecule has 1 aliphatic heterocycles. The fourth-order valence-electron chi connectivity index (χ4n) is 1.98. The molecule has 1 aliphatic rings. The van der Waals surface area contributed by atoms with Crippen molar-refractivity contribution in [2.24, 2.45) is 0 Å². The summed E-state index contributed by atoms with van der Waals surface area (Å²) in [7, 11) is 0. The number of allylic oxidation sites excluding steroid dienone is 1. The zero-order chi connectivity index (χ0) is 11.7. The van der Waals surface area contributed by atoms with Gasteiger partial charge < -0.3 is 10.1 Å².